The summed E-state index contributed by atoms with van der Waals surface area (Å²) in [5, 5.41) is 9.00. The highest BCUT2D eigenvalue weighted by molar-refractivity contribution is 6.06. The Morgan fingerprint density at radius 2 is 2.02 bits per heavy atom. The average molecular weight is 567 g/mol. The second-order valence-corrected chi connectivity index (χ2v) is 10.0. The number of hydrogen-bond acceptors (Lipinski definition) is 8. The number of nitrogens with zero attached hydrogens (tertiary/aromatic N) is 2. The number of carbonyl (C=O) groups excluding carboxylic acids is 2. The molecule has 2 unspecified atom stereocenters. The van der Waals surface area contributed by atoms with E-state index in [2.05, 4.69) is 6.58 Å². The van der Waals surface area contributed by atoms with E-state index in [1.54, 1.807) is 11.0 Å². The third kappa shape index (κ3) is 5.86. The first-order valence-electron chi connectivity index (χ1n) is 13.7. The summed E-state index contributed by atoms with van der Waals surface area (Å²) < 4.78 is 29.5. The molecule has 2 amide bonds. The highest BCUT2D eigenvalue weighted by Gasteiger charge is 2.49. The summed E-state index contributed by atoms with van der Waals surface area (Å²) in [6.07, 6.45) is 1.81. The summed E-state index contributed by atoms with van der Waals surface area (Å²) in [5.74, 6) is -0.722. The van der Waals surface area contributed by atoms with Gasteiger partial charge < -0.3 is 33.7 Å². The summed E-state index contributed by atoms with van der Waals surface area (Å²) in [6, 6.07) is 10.2. The van der Waals surface area contributed by atoms with Gasteiger partial charge in [0.2, 0.25) is 0 Å². The van der Waals surface area contributed by atoms with E-state index in [-0.39, 0.29) is 54.7 Å². The van der Waals surface area contributed by atoms with Crippen LogP contribution < -0.4 is 14.4 Å². The van der Waals surface area contributed by atoms with Crippen molar-refractivity contribution in [3.63, 3.8) is 0 Å². The van der Waals surface area contributed by atoms with Crippen LogP contribution >= 0.6 is 0 Å². The summed E-state index contributed by atoms with van der Waals surface area (Å²) >= 11 is 0. The Kier molecular flexibility index (Phi) is 8.75. The molecule has 41 heavy (non-hydrogen) atoms. The topological polar surface area (TPSA) is 124 Å². The minimum Gasteiger partial charge on any atom is -0.493 e. The third-order valence-corrected chi connectivity index (χ3v) is 7.35. The number of carboxylic acids is 1. The molecule has 3 heterocycles. The zero-order valence-corrected chi connectivity index (χ0v) is 23.0. The molecule has 2 aromatic rings. The van der Waals surface area contributed by atoms with Crippen molar-refractivity contribution < 1.29 is 43.2 Å². The maximum Gasteiger partial charge on any atom is 0.416 e. The van der Waals surface area contributed by atoms with Crippen LogP contribution in [0.2, 0.25) is 0 Å². The van der Waals surface area contributed by atoms with E-state index in [9.17, 15) is 14.4 Å². The number of rotatable bonds is 10. The smallest absolute Gasteiger partial charge is 0.416 e. The zero-order valence-electron chi connectivity index (χ0n) is 23.0. The number of benzene rings is 2. The van der Waals surface area contributed by atoms with Crippen molar-refractivity contribution in [2.75, 3.05) is 31.8 Å². The van der Waals surface area contributed by atoms with Gasteiger partial charge in [0.05, 0.1) is 25.0 Å². The van der Waals surface area contributed by atoms with E-state index in [4.69, 9.17) is 28.8 Å². The van der Waals surface area contributed by atoms with E-state index in [0.717, 1.165) is 24.0 Å². The molecule has 218 valence electrons. The molecule has 0 bridgehead atoms. The summed E-state index contributed by atoms with van der Waals surface area (Å²) in [5.41, 5.74) is 2.26. The fraction of sp³-hybridized carbons (Fsp3) is 0.433. The quantitative estimate of drug-likeness (QED) is 0.323. The van der Waals surface area contributed by atoms with Crippen molar-refractivity contribution in [2.24, 2.45) is 0 Å². The Balaban J connectivity index is 1.63. The Morgan fingerprint density at radius 3 is 2.76 bits per heavy atom. The molecule has 11 heteroatoms. The number of ether oxygens (including phenoxy) is 5. The van der Waals surface area contributed by atoms with Crippen LogP contribution in [0.15, 0.2) is 49.1 Å². The Labute approximate surface area is 238 Å². The lowest BCUT2D eigenvalue weighted by Gasteiger charge is -2.38. The molecule has 1 saturated heterocycles. The molecule has 0 aliphatic carbocycles. The number of hydrogen-bond donors (Lipinski definition) is 1. The highest BCUT2D eigenvalue weighted by Crippen LogP contribution is 2.47. The minimum absolute atomic E-state index is 0.0507. The SMILES string of the molecule is C=CCOC(=O)N1c2cc(OCCCC(=O)O)c(OC)cc2C(=O)N2Cc3ccccc3[C@H]2C1OC1CCCCO1. The average Bonchev–Trinajstić information content (AvgIpc) is 3.33. The summed E-state index contributed by atoms with van der Waals surface area (Å²) in [7, 11) is 1.45. The molecule has 1 N–H and O–H groups in total. The fourth-order valence-corrected chi connectivity index (χ4v) is 5.46. The first-order chi connectivity index (χ1) is 19.9. The van der Waals surface area contributed by atoms with Crippen LogP contribution in [0.3, 0.4) is 0 Å². The van der Waals surface area contributed by atoms with Gasteiger partial charge in [-0.25, -0.2) is 9.69 Å². The number of anilines is 1. The number of methoxy groups -OCH3 is 1. The monoisotopic (exact) mass is 566 g/mol. The van der Waals surface area contributed by atoms with Gasteiger partial charge in [0, 0.05) is 25.6 Å². The molecular weight excluding hydrogens is 532 g/mol. The van der Waals surface area contributed by atoms with E-state index < -0.39 is 30.6 Å². The molecule has 11 nitrogen and oxygen atoms in total. The second-order valence-electron chi connectivity index (χ2n) is 10.0. The molecule has 2 aromatic carbocycles. The fourth-order valence-electron chi connectivity index (χ4n) is 5.46. The number of carboxylic acid groups (broad SMARTS) is 1. The van der Waals surface area contributed by atoms with Crippen molar-refractivity contribution in [2.45, 2.75) is 57.2 Å². The molecule has 3 atom stereocenters. The van der Waals surface area contributed by atoms with Gasteiger partial charge in [0.1, 0.15) is 12.6 Å². The van der Waals surface area contributed by atoms with E-state index >= 15 is 0 Å². The van der Waals surface area contributed by atoms with Crippen molar-refractivity contribution >= 4 is 23.7 Å². The predicted molar refractivity (Wildman–Crippen MR) is 147 cm³/mol. The van der Waals surface area contributed by atoms with Gasteiger partial charge in [-0.15, -0.1) is 0 Å². The van der Waals surface area contributed by atoms with Crippen LogP contribution in [-0.4, -0.2) is 67.4 Å². The van der Waals surface area contributed by atoms with Crippen LogP contribution in [0, 0.1) is 0 Å². The largest absolute Gasteiger partial charge is 0.493 e. The van der Waals surface area contributed by atoms with E-state index in [1.807, 2.05) is 24.3 Å². The van der Waals surface area contributed by atoms with Crippen molar-refractivity contribution in [3.8, 4) is 11.5 Å². The maximum absolute atomic E-state index is 14.2. The van der Waals surface area contributed by atoms with E-state index in [1.165, 1.54) is 24.2 Å². The van der Waals surface area contributed by atoms with Crippen LogP contribution in [0.4, 0.5) is 10.5 Å². The van der Waals surface area contributed by atoms with Crippen LogP contribution in [0.1, 0.15) is 59.6 Å². The Hall–Kier alpha value is -4.09. The molecule has 3 aliphatic rings. The molecule has 0 spiro atoms. The summed E-state index contributed by atoms with van der Waals surface area (Å²) in [6.45, 7) is 4.55. The van der Waals surface area contributed by atoms with Gasteiger partial charge in [0.15, 0.2) is 24.0 Å². The lowest BCUT2D eigenvalue weighted by atomic mass is 10.0. The summed E-state index contributed by atoms with van der Waals surface area (Å²) in [4.78, 5) is 42.0. The molecule has 5 rings (SSSR count). The zero-order chi connectivity index (χ0) is 28.9. The highest BCUT2D eigenvalue weighted by atomic mass is 16.7. The number of fused-ring (bicyclic) bond motifs is 4. The standard InChI is InChI=1S/C30H34N2O9/c1-3-13-40-30(36)32-22-17-24(38-15-8-11-25(33)34)23(37-2)16-21(22)28(35)31-18-19-9-4-5-10-20(19)27(31)29(32)41-26-12-6-7-14-39-26/h3-5,9-10,16-17,26-27,29H,1,6-8,11-15,18H2,2H3,(H,33,34)/t26?,27-,29?/m0/s1. The Bertz CT molecular complexity index is 1310. The Morgan fingerprint density at radius 1 is 1.20 bits per heavy atom. The molecule has 1 fully saturated rings. The predicted octanol–water partition coefficient (Wildman–Crippen LogP) is 4.65. The molecule has 3 aliphatic heterocycles. The van der Waals surface area contributed by atoms with Crippen molar-refractivity contribution in [1.29, 1.82) is 0 Å². The minimum atomic E-state index is -0.988. The number of aliphatic carboxylic acids is 1. The molecular formula is C30H34N2O9. The van der Waals surface area contributed by atoms with Gasteiger partial charge >= 0.3 is 12.1 Å². The molecule has 0 radical (unpaired) electrons. The van der Waals surface area contributed by atoms with Crippen molar-refractivity contribution in [3.05, 3.63) is 65.7 Å². The van der Waals surface area contributed by atoms with Gasteiger partial charge in [-0.05, 0) is 42.9 Å². The van der Waals surface area contributed by atoms with Crippen LogP contribution in [-0.2, 0) is 25.5 Å². The van der Waals surface area contributed by atoms with Crippen molar-refractivity contribution in [1.82, 2.24) is 4.90 Å². The van der Waals surface area contributed by atoms with Gasteiger partial charge in [0.25, 0.3) is 5.91 Å². The lowest BCUT2D eigenvalue weighted by Crippen LogP contribution is -2.50. The van der Waals surface area contributed by atoms with E-state index in [0.29, 0.717) is 19.6 Å². The second kappa shape index (κ2) is 12.6. The van der Waals surface area contributed by atoms with Crippen LogP contribution in [0.25, 0.3) is 0 Å². The first-order valence-corrected chi connectivity index (χ1v) is 13.7. The third-order valence-electron chi connectivity index (χ3n) is 7.35. The molecule has 0 saturated carbocycles. The number of carbonyl (C=O) groups is 3. The van der Waals surface area contributed by atoms with Gasteiger partial charge in [-0.1, -0.05) is 36.9 Å². The normalized spacial score (nSPS) is 21.3. The lowest BCUT2D eigenvalue weighted by molar-refractivity contribution is -0.197. The first kappa shape index (κ1) is 28.4. The number of amides is 2. The van der Waals surface area contributed by atoms with Crippen LogP contribution in [0.5, 0.6) is 11.5 Å². The molecule has 0 aromatic heterocycles. The van der Waals surface area contributed by atoms with Gasteiger partial charge in [-0.3, -0.25) is 9.59 Å². The van der Waals surface area contributed by atoms with Gasteiger partial charge in [-0.2, -0.15) is 0 Å². The maximum atomic E-state index is 14.2.